The molecule has 4 rings (SSSR count). The molecule has 1 aliphatic rings. The molecule has 1 aromatic heterocycles. The maximum atomic E-state index is 13.4. The van der Waals surface area contributed by atoms with Crippen LogP contribution in [-0.2, 0) is 17.4 Å². The summed E-state index contributed by atoms with van der Waals surface area (Å²) in [5, 5.41) is 6.48. The SMILES string of the molecule is COc1ccc(-c2cnc(SCC(=O)NC(Cc3ccc(Cl)c(C(F)(F)F)c3)C3CCCNC3)nc2)cc1. The predicted octanol–water partition coefficient (Wildman–Crippen LogP) is 5.64. The fourth-order valence-corrected chi connectivity index (χ4v) is 5.25. The third kappa shape index (κ3) is 7.61. The highest BCUT2D eigenvalue weighted by atomic mass is 35.5. The lowest BCUT2D eigenvalue weighted by Crippen LogP contribution is -2.48. The van der Waals surface area contributed by atoms with Crippen LogP contribution in [0.2, 0.25) is 5.02 Å². The number of thioether (sulfide) groups is 1. The molecular weight excluding hydrogens is 537 g/mol. The summed E-state index contributed by atoms with van der Waals surface area (Å²) in [6, 6.07) is 11.1. The predicted molar refractivity (Wildman–Crippen MR) is 142 cm³/mol. The van der Waals surface area contributed by atoms with Crippen molar-refractivity contribution < 1.29 is 22.7 Å². The van der Waals surface area contributed by atoms with E-state index in [9.17, 15) is 18.0 Å². The maximum absolute atomic E-state index is 13.4. The number of carbonyl (C=O) groups is 1. The van der Waals surface area contributed by atoms with E-state index in [0.29, 0.717) is 17.3 Å². The Balaban J connectivity index is 1.39. The van der Waals surface area contributed by atoms with Crippen molar-refractivity contribution in [3.8, 4) is 16.9 Å². The minimum absolute atomic E-state index is 0.0902. The molecule has 0 radical (unpaired) electrons. The molecule has 0 aliphatic carbocycles. The lowest BCUT2D eigenvalue weighted by molar-refractivity contribution is -0.137. The molecule has 2 aromatic carbocycles. The molecule has 2 unspecified atom stereocenters. The Hall–Kier alpha value is -2.82. The zero-order valence-electron chi connectivity index (χ0n) is 20.7. The number of ether oxygens (including phenoxy) is 1. The number of aromatic nitrogens is 2. The summed E-state index contributed by atoms with van der Waals surface area (Å²) in [5.74, 6) is 0.723. The zero-order chi connectivity index (χ0) is 27.1. The molecular formula is C27H28ClF3N4O2S. The van der Waals surface area contributed by atoms with E-state index in [1.54, 1.807) is 25.6 Å². The van der Waals surface area contributed by atoms with Crippen molar-refractivity contribution in [3.05, 3.63) is 71.0 Å². The van der Waals surface area contributed by atoms with Gasteiger partial charge in [-0.15, -0.1) is 0 Å². The van der Waals surface area contributed by atoms with Gasteiger partial charge in [-0.1, -0.05) is 41.6 Å². The first-order valence-electron chi connectivity index (χ1n) is 12.2. The van der Waals surface area contributed by atoms with Gasteiger partial charge >= 0.3 is 6.18 Å². The minimum Gasteiger partial charge on any atom is -0.497 e. The largest absolute Gasteiger partial charge is 0.497 e. The van der Waals surface area contributed by atoms with E-state index in [1.165, 1.54) is 17.8 Å². The summed E-state index contributed by atoms with van der Waals surface area (Å²) in [6.45, 7) is 1.57. The van der Waals surface area contributed by atoms with Crippen molar-refractivity contribution in [3.63, 3.8) is 0 Å². The van der Waals surface area contributed by atoms with Crippen molar-refractivity contribution in [1.82, 2.24) is 20.6 Å². The number of nitrogens with one attached hydrogen (secondary N) is 2. The normalized spacial score (nSPS) is 16.6. The Labute approximate surface area is 228 Å². The number of hydrogen-bond donors (Lipinski definition) is 2. The topological polar surface area (TPSA) is 76.1 Å². The van der Waals surface area contributed by atoms with Crippen molar-refractivity contribution in [2.45, 2.75) is 36.6 Å². The summed E-state index contributed by atoms with van der Waals surface area (Å²) < 4.78 is 45.3. The second-order valence-electron chi connectivity index (χ2n) is 9.07. The molecule has 38 heavy (non-hydrogen) atoms. The number of amides is 1. The highest BCUT2D eigenvalue weighted by Gasteiger charge is 2.34. The quantitative estimate of drug-likeness (QED) is 0.259. The van der Waals surface area contributed by atoms with Crippen molar-refractivity contribution in [2.24, 2.45) is 5.92 Å². The lowest BCUT2D eigenvalue weighted by Gasteiger charge is -2.32. The number of benzene rings is 2. The number of nitrogens with zero attached hydrogens (tertiary/aromatic N) is 2. The third-order valence-corrected chi connectivity index (χ3v) is 7.63. The smallest absolute Gasteiger partial charge is 0.417 e. The van der Waals surface area contributed by atoms with E-state index >= 15 is 0 Å². The highest BCUT2D eigenvalue weighted by Crippen LogP contribution is 2.35. The first kappa shape index (κ1) is 28.2. The fourth-order valence-electron chi connectivity index (χ4n) is 4.43. The van der Waals surface area contributed by atoms with Crippen LogP contribution in [0.3, 0.4) is 0 Å². The second kappa shape index (κ2) is 12.8. The van der Waals surface area contributed by atoms with Crippen LogP contribution >= 0.6 is 23.4 Å². The molecule has 11 heteroatoms. The summed E-state index contributed by atoms with van der Waals surface area (Å²) in [4.78, 5) is 21.6. The van der Waals surface area contributed by atoms with Crippen LogP contribution in [-0.4, -0.2) is 47.9 Å². The summed E-state index contributed by atoms with van der Waals surface area (Å²) in [7, 11) is 1.61. The number of methoxy groups -OCH3 is 1. The molecule has 2 N–H and O–H groups in total. The van der Waals surface area contributed by atoms with Gasteiger partial charge in [-0.2, -0.15) is 13.2 Å². The van der Waals surface area contributed by atoms with Crippen LogP contribution in [0.4, 0.5) is 13.2 Å². The molecule has 1 amide bonds. The fraction of sp³-hybridized carbons (Fsp3) is 0.370. The molecule has 3 aromatic rings. The van der Waals surface area contributed by atoms with Gasteiger partial charge in [-0.3, -0.25) is 4.79 Å². The zero-order valence-corrected chi connectivity index (χ0v) is 22.3. The van der Waals surface area contributed by atoms with Gasteiger partial charge in [0.2, 0.25) is 5.91 Å². The van der Waals surface area contributed by atoms with E-state index in [0.717, 1.165) is 42.3 Å². The van der Waals surface area contributed by atoms with E-state index in [2.05, 4.69) is 20.6 Å². The van der Waals surface area contributed by atoms with Crippen LogP contribution in [0.5, 0.6) is 5.75 Å². The van der Waals surface area contributed by atoms with Gasteiger partial charge < -0.3 is 15.4 Å². The second-order valence-corrected chi connectivity index (χ2v) is 10.4. The molecule has 2 heterocycles. The molecule has 0 bridgehead atoms. The van der Waals surface area contributed by atoms with Crippen molar-refractivity contribution in [1.29, 1.82) is 0 Å². The molecule has 6 nitrogen and oxygen atoms in total. The standard InChI is InChI=1S/C27H28ClF3N4O2S/c1-37-21-7-5-18(6-8-21)20-14-33-26(34-15-20)38-16-25(36)35-24(19-3-2-10-32-13-19)12-17-4-9-23(28)22(11-17)27(29,30)31/h4-9,11,14-15,19,24,32H,2-3,10,12-13,16H2,1H3,(H,35,36). The molecule has 0 saturated carbocycles. The first-order valence-corrected chi connectivity index (χ1v) is 13.5. The van der Waals surface area contributed by atoms with Crippen molar-refractivity contribution >= 4 is 29.3 Å². The molecule has 2 atom stereocenters. The van der Waals surface area contributed by atoms with Crippen LogP contribution in [0.1, 0.15) is 24.0 Å². The molecule has 202 valence electrons. The van der Waals surface area contributed by atoms with E-state index in [4.69, 9.17) is 16.3 Å². The van der Waals surface area contributed by atoms with Gasteiger partial charge in [0.25, 0.3) is 0 Å². The Kier molecular flexibility index (Phi) is 9.51. The van der Waals surface area contributed by atoms with Crippen LogP contribution in [0.15, 0.2) is 60.0 Å². The molecule has 1 aliphatic heterocycles. The summed E-state index contributed by atoms with van der Waals surface area (Å²) in [5.41, 5.74) is 1.39. The molecule has 1 saturated heterocycles. The number of rotatable bonds is 9. The van der Waals surface area contributed by atoms with Crippen LogP contribution in [0.25, 0.3) is 11.1 Å². The highest BCUT2D eigenvalue weighted by molar-refractivity contribution is 7.99. The third-order valence-electron chi connectivity index (χ3n) is 6.43. The van der Waals surface area contributed by atoms with E-state index in [1.807, 2.05) is 24.3 Å². The average molecular weight is 565 g/mol. The Morgan fingerprint density at radius 3 is 2.55 bits per heavy atom. The van der Waals surface area contributed by atoms with Crippen molar-refractivity contribution in [2.75, 3.05) is 26.0 Å². The molecule has 0 spiro atoms. The average Bonchev–Trinajstić information content (AvgIpc) is 2.93. The van der Waals surface area contributed by atoms with Gasteiger partial charge in [-0.25, -0.2) is 9.97 Å². The van der Waals surface area contributed by atoms with E-state index in [-0.39, 0.29) is 35.1 Å². The Morgan fingerprint density at radius 2 is 1.92 bits per heavy atom. The van der Waals surface area contributed by atoms with Gasteiger partial charge in [0, 0.05) is 24.0 Å². The summed E-state index contributed by atoms with van der Waals surface area (Å²) in [6.07, 6.45) is 0.942. The maximum Gasteiger partial charge on any atom is 0.417 e. The Morgan fingerprint density at radius 1 is 1.18 bits per heavy atom. The van der Waals surface area contributed by atoms with Gasteiger partial charge in [0.05, 0.1) is 23.4 Å². The number of piperidine rings is 1. The number of halogens is 4. The van der Waals surface area contributed by atoms with Gasteiger partial charge in [0.1, 0.15) is 5.75 Å². The number of alkyl halides is 3. The minimum atomic E-state index is -4.54. The van der Waals surface area contributed by atoms with Gasteiger partial charge in [0.15, 0.2) is 5.16 Å². The number of carbonyl (C=O) groups excluding carboxylic acids is 1. The first-order chi connectivity index (χ1) is 18.2. The Bertz CT molecular complexity index is 1220. The molecule has 1 fully saturated rings. The summed E-state index contributed by atoms with van der Waals surface area (Å²) >= 11 is 6.99. The van der Waals surface area contributed by atoms with E-state index < -0.39 is 11.7 Å². The number of hydrogen-bond acceptors (Lipinski definition) is 6. The van der Waals surface area contributed by atoms with Crippen LogP contribution in [0, 0.1) is 5.92 Å². The van der Waals surface area contributed by atoms with Crippen LogP contribution < -0.4 is 15.4 Å². The van der Waals surface area contributed by atoms with Gasteiger partial charge in [-0.05, 0) is 73.7 Å². The monoisotopic (exact) mass is 564 g/mol. The lowest BCUT2D eigenvalue weighted by atomic mass is 9.87.